The first-order valence-corrected chi connectivity index (χ1v) is 13.8. The number of ether oxygens (including phenoxy) is 1. The Bertz CT molecular complexity index is 1410. The van der Waals surface area contributed by atoms with Crippen molar-refractivity contribution in [2.45, 2.75) is 59.9 Å². The summed E-state index contributed by atoms with van der Waals surface area (Å²) in [6.45, 7) is 10.8. The fourth-order valence-electron chi connectivity index (χ4n) is 4.67. The molecule has 39 heavy (non-hydrogen) atoms. The number of unbranched alkanes of at least 4 members (excludes halogenated alkanes) is 2. The van der Waals surface area contributed by atoms with Crippen molar-refractivity contribution in [3.8, 4) is 28.6 Å². The molecule has 6 nitrogen and oxygen atoms in total. The number of hydrogen-bond donors (Lipinski definition) is 2. The second-order valence-electron chi connectivity index (χ2n) is 9.41. The van der Waals surface area contributed by atoms with E-state index in [2.05, 4.69) is 36.1 Å². The molecule has 2 N–H and O–H groups in total. The van der Waals surface area contributed by atoms with Crippen LogP contribution in [0, 0.1) is 6.92 Å². The van der Waals surface area contributed by atoms with Crippen LogP contribution in [-0.4, -0.2) is 35.3 Å². The zero-order valence-corrected chi connectivity index (χ0v) is 23.8. The van der Waals surface area contributed by atoms with E-state index in [9.17, 15) is 15.0 Å². The Morgan fingerprint density at radius 2 is 1.64 bits per heavy atom. The zero-order valence-electron chi connectivity index (χ0n) is 23.8. The van der Waals surface area contributed by atoms with Crippen molar-refractivity contribution in [2.24, 2.45) is 0 Å². The first-order chi connectivity index (χ1) is 18.9. The Morgan fingerprint density at radius 1 is 0.923 bits per heavy atom. The molecule has 4 rings (SSSR count). The van der Waals surface area contributed by atoms with E-state index in [0.29, 0.717) is 11.3 Å². The van der Waals surface area contributed by atoms with Crippen molar-refractivity contribution in [1.82, 2.24) is 4.90 Å². The van der Waals surface area contributed by atoms with Crippen molar-refractivity contribution in [3.05, 3.63) is 87.6 Å². The van der Waals surface area contributed by atoms with Gasteiger partial charge < -0.3 is 19.4 Å². The van der Waals surface area contributed by atoms with Gasteiger partial charge in [-0.1, -0.05) is 69.7 Å². The number of phenols is 2. The number of aromatic hydroxyl groups is 2. The Morgan fingerprint density at radius 3 is 2.33 bits per heavy atom. The predicted octanol–water partition coefficient (Wildman–Crippen LogP) is 7.45. The van der Waals surface area contributed by atoms with Crippen molar-refractivity contribution in [3.63, 3.8) is 0 Å². The fourth-order valence-corrected chi connectivity index (χ4v) is 4.67. The summed E-state index contributed by atoms with van der Waals surface area (Å²) in [6.07, 6.45) is 4.38. The molecule has 0 spiro atoms. The number of benzene rings is 3. The Balaban J connectivity index is 0.00000205. The monoisotopic (exact) mass is 531 g/mol. The van der Waals surface area contributed by atoms with Crippen LogP contribution in [0.3, 0.4) is 0 Å². The van der Waals surface area contributed by atoms with E-state index in [0.717, 1.165) is 56.6 Å². The standard InChI is InChI=1S/C31H35NO5.C2H6/c1-4-32(20-24-11-7-8-12-28(24)36-3)17-9-5-6-10-22-13-15-23(16-14-22)29-19-27(35)30-26(34)18-25(33)21(2)31(30)37-29;1-2/h7-8,11-16,18-19,33-34H,4-6,9-10,17,20H2,1-3H3;1-2H3. The molecule has 0 fully saturated rings. The normalized spacial score (nSPS) is 10.9. The van der Waals surface area contributed by atoms with Gasteiger partial charge in [-0.05, 0) is 50.9 Å². The number of nitrogens with zero attached hydrogens (tertiary/aromatic N) is 1. The highest BCUT2D eigenvalue weighted by atomic mass is 16.5. The fraction of sp³-hybridized carbons (Fsp3) is 0.364. The number of rotatable bonds is 11. The minimum atomic E-state index is -0.340. The second-order valence-corrected chi connectivity index (χ2v) is 9.41. The summed E-state index contributed by atoms with van der Waals surface area (Å²) in [5.41, 5.74) is 3.52. The lowest BCUT2D eigenvalue weighted by Crippen LogP contribution is -2.24. The Kier molecular flexibility index (Phi) is 11.0. The summed E-state index contributed by atoms with van der Waals surface area (Å²) >= 11 is 0. The van der Waals surface area contributed by atoms with Crippen LogP contribution in [0.15, 0.2) is 69.9 Å². The van der Waals surface area contributed by atoms with Gasteiger partial charge in [-0.25, -0.2) is 0 Å². The number of aryl methyl sites for hydroxylation is 2. The molecule has 208 valence electrons. The van der Waals surface area contributed by atoms with Crippen LogP contribution in [0.25, 0.3) is 22.3 Å². The molecule has 0 atom stereocenters. The van der Waals surface area contributed by atoms with Gasteiger partial charge in [0.15, 0.2) is 5.43 Å². The maximum Gasteiger partial charge on any atom is 0.197 e. The van der Waals surface area contributed by atoms with Crippen molar-refractivity contribution < 1.29 is 19.4 Å². The van der Waals surface area contributed by atoms with Gasteiger partial charge >= 0.3 is 0 Å². The zero-order chi connectivity index (χ0) is 28.4. The summed E-state index contributed by atoms with van der Waals surface area (Å²) < 4.78 is 11.4. The highest BCUT2D eigenvalue weighted by molar-refractivity contribution is 5.88. The van der Waals surface area contributed by atoms with Crippen molar-refractivity contribution in [2.75, 3.05) is 20.2 Å². The van der Waals surface area contributed by atoms with E-state index in [4.69, 9.17) is 9.15 Å². The quantitative estimate of drug-likeness (QED) is 0.196. The molecule has 0 saturated carbocycles. The predicted molar refractivity (Wildman–Crippen MR) is 159 cm³/mol. The largest absolute Gasteiger partial charge is 0.507 e. The highest BCUT2D eigenvalue weighted by Gasteiger charge is 2.16. The minimum Gasteiger partial charge on any atom is -0.507 e. The van der Waals surface area contributed by atoms with E-state index in [-0.39, 0.29) is 27.9 Å². The smallest absolute Gasteiger partial charge is 0.197 e. The first-order valence-electron chi connectivity index (χ1n) is 13.8. The molecule has 0 unspecified atom stereocenters. The molecule has 0 aliphatic carbocycles. The average Bonchev–Trinajstić information content (AvgIpc) is 2.96. The number of phenolic OH excluding ortho intramolecular Hbond substituents is 2. The van der Waals surface area contributed by atoms with E-state index >= 15 is 0 Å². The van der Waals surface area contributed by atoms with E-state index in [1.54, 1.807) is 14.0 Å². The lowest BCUT2D eigenvalue weighted by molar-refractivity contribution is 0.268. The Labute approximate surface area is 231 Å². The van der Waals surface area contributed by atoms with E-state index < -0.39 is 0 Å². The summed E-state index contributed by atoms with van der Waals surface area (Å²) in [5.74, 6) is 0.962. The molecule has 0 radical (unpaired) electrons. The third kappa shape index (κ3) is 7.42. The molecular formula is C33H41NO5. The molecular weight excluding hydrogens is 490 g/mol. The van der Waals surface area contributed by atoms with Gasteiger partial charge in [0, 0.05) is 35.4 Å². The maximum absolute atomic E-state index is 12.6. The number of methoxy groups -OCH3 is 1. The molecule has 6 heteroatoms. The molecule has 0 aliphatic heterocycles. The van der Waals surface area contributed by atoms with Gasteiger partial charge in [-0.2, -0.15) is 0 Å². The highest BCUT2D eigenvalue weighted by Crippen LogP contribution is 2.34. The van der Waals surface area contributed by atoms with Gasteiger partial charge in [-0.3, -0.25) is 9.69 Å². The summed E-state index contributed by atoms with van der Waals surface area (Å²) in [4.78, 5) is 15.1. The average molecular weight is 532 g/mol. The lowest BCUT2D eigenvalue weighted by atomic mass is 10.0. The van der Waals surface area contributed by atoms with Gasteiger partial charge in [0.05, 0.1) is 7.11 Å². The topological polar surface area (TPSA) is 83.1 Å². The van der Waals surface area contributed by atoms with Crippen LogP contribution in [0.2, 0.25) is 0 Å². The molecule has 3 aromatic carbocycles. The van der Waals surface area contributed by atoms with Crippen LogP contribution in [0.4, 0.5) is 0 Å². The number of hydrogen-bond acceptors (Lipinski definition) is 6. The molecule has 4 aromatic rings. The third-order valence-electron chi connectivity index (χ3n) is 6.91. The van der Waals surface area contributed by atoms with Crippen LogP contribution < -0.4 is 10.2 Å². The summed E-state index contributed by atoms with van der Waals surface area (Å²) in [5, 5.41) is 20.2. The van der Waals surface area contributed by atoms with E-state index in [1.165, 1.54) is 23.3 Å². The molecule has 0 amide bonds. The third-order valence-corrected chi connectivity index (χ3v) is 6.91. The van der Waals surface area contributed by atoms with Crippen molar-refractivity contribution in [1.29, 1.82) is 0 Å². The number of fused-ring (bicyclic) bond motifs is 1. The lowest BCUT2D eigenvalue weighted by Gasteiger charge is -2.21. The minimum absolute atomic E-state index is 0.0835. The molecule has 0 saturated heterocycles. The van der Waals surface area contributed by atoms with Crippen LogP contribution in [0.1, 0.15) is 56.7 Å². The van der Waals surface area contributed by atoms with Gasteiger partial charge in [0.1, 0.15) is 34.0 Å². The summed E-state index contributed by atoms with van der Waals surface area (Å²) in [7, 11) is 1.72. The maximum atomic E-state index is 12.6. The van der Waals surface area contributed by atoms with Gasteiger partial charge in [0.2, 0.25) is 0 Å². The van der Waals surface area contributed by atoms with Gasteiger partial charge in [-0.15, -0.1) is 0 Å². The van der Waals surface area contributed by atoms with Crippen LogP contribution in [0.5, 0.6) is 17.2 Å². The summed E-state index contributed by atoms with van der Waals surface area (Å²) in [6, 6.07) is 18.8. The molecule has 1 aromatic heterocycles. The van der Waals surface area contributed by atoms with Gasteiger partial charge in [0.25, 0.3) is 0 Å². The number of para-hydroxylation sites is 1. The Hall–Kier alpha value is -3.77. The SMILES string of the molecule is CC.CCN(CCCCCc1ccc(-c2cc(=O)c3c(O)cc(O)c(C)c3o2)cc1)Cc1ccccc1OC. The molecule has 0 bridgehead atoms. The van der Waals surface area contributed by atoms with E-state index in [1.807, 2.05) is 38.1 Å². The van der Waals surface area contributed by atoms with Crippen molar-refractivity contribution >= 4 is 11.0 Å². The van der Waals surface area contributed by atoms with Crippen LogP contribution >= 0.6 is 0 Å². The molecule has 1 heterocycles. The second kappa shape index (κ2) is 14.4. The van der Waals surface area contributed by atoms with Crippen LogP contribution in [-0.2, 0) is 13.0 Å². The first kappa shape index (κ1) is 29.8. The molecule has 0 aliphatic rings.